The number of halogens is 2. The molecule has 0 aliphatic carbocycles. The SMILES string of the molecule is CC(C)S(=O)(=O)N1CCCC(C[C@H](N)C(=O)N2CCC[C@]2(F)C#N)C1.Cl. The second kappa shape index (κ2) is 8.83. The van der Waals surface area contributed by atoms with Crippen molar-refractivity contribution in [3.05, 3.63) is 0 Å². The number of carbonyl (C=O) groups excluding carboxylic acids is 1. The number of hydrogen-bond donors (Lipinski definition) is 1. The van der Waals surface area contributed by atoms with Gasteiger partial charge in [0.25, 0.3) is 5.79 Å². The quantitative estimate of drug-likeness (QED) is 0.689. The van der Waals surface area contributed by atoms with E-state index in [0.717, 1.165) is 11.3 Å². The molecule has 0 saturated carbocycles. The molecule has 2 aliphatic rings. The number of hydrogen-bond acceptors (Lipinski definition) is 5. The van der Waals surface area contributed by atoms with Crippen LogP contribution in [0.25, 0.3) is 0 Å². The Kier molecular flexibility index (Phi) is 7.84. The van der Waals surface area contributed by atoms with E-state index in [1.807, 2.05) is 0 Å². The normalized spacial score (nSPS) is 28.5. The maximum absolute atomic E-state index is 14.4. The third kappa shape index (κ3) is 4.66. The van der Waals surface area contributed by atoms with Crippen molar-refractivity contribution >= 4 is 28.3 Å². The van der Waals surface area contributed by atoms with Crippen LogP contribution in [0.3, 0.4) is 0 Å². The van der Waals surface area contributed by atoms with E-state index >= 15 is 0 Å². The maximum Gasteiger partial charge on any atom is 0.271 e. The largest absolute Gasteiger partial charge is 0.320 e. The molecule has 3 atom stereocenters. The third-order valence-electron chi connectivity index (χ3n) is 5.10. The van der Waals surface area contributed by atoms with Crippen LogP contribution < -0.4 is 5.73 Å². The summed E-state index contributed by atoms with van der Waals surface area (Å²) in [6.07, 6.45) is 2.23. The van der Waals surface area contributed by atoms with Crippen LogP contribution in [-0.2, 0) is 14.8 Å². The number of rotatable bonds is 5. The minimum Gasteiger partial charge on any atom is -0.320 e. The summed E-state index contributed by atoms with van der Waals surface area (Å²) in [6, 6.07) is 0.642. The smallest absolute Gasteiger partial charge is 0.271 e. The van der Waals surface area contributed by atoms with E-state index in [0.29, 0.717) is 32.4 Å². The van der Waals surface area contributed by atoms with Gasteiger partial charge in [-0.15, -0.1) is 12.4 Å². The summed E-state index contributed by atoms with van der Waals surface area (Å²) in [6.45, 7) is 4.29. The van der Waals surface area contributed by atoms with Crippen molar-refractivity contribution in [2.45, 2.75) is 63.0 Å². The Bertz CT molecular complexity index is 654. The summed E-state index contributed by atoms with van der Waals surface area (Å²) in [4.78, 5) is 13.4. The minimum atomic E-state index is -3.33. The van der Waals surface area contributed by atoms with Gasteiger partial charge in [-0.3, -0.25) is 9.69 Å². The molecule has 0 bridgehead atoms. The molecule has 10 heteroatoms. The molecular formula is C16H28ClFN4O3S. The van der Waals surface area contributed by atoms with Crippen LogP contribution in [0, 0.1) is 17.2 Å². The first-order valence-electron chi connectivity index (χ1n) is 8.78. The van der Waals surface area contributed by atoms with Gasteiger partial charge in [-0.2, -0.15) is 5.26 Å². The fourth-order valence-corrected chi connectivity index (χ4v) is 4.99. The van der Waals surface area contributed by atoms with Crippen LogP contribution in [0.15, 0.2) is 0 Å². The molecular weight excluding hydrogens is 383 g/mol. The fourth-order valence-electron chi connectivity index (χ4n) is 3.59. The summed E-state index contributed by atoms with van der Waals surface area (Å²) in [5.41, 5.74) is 5.98. The molecule has 2 saturated heterocycles. The van der Waals surface area contributed by atoms with Gasteiger partial charge in [0.15, 0.2) is 0 Å². The number of nitriles is 1. The van der Waals surface area contributed by atoms with Crippen molar-refractivity contribution in [3.63, 3.8) is 0 Å². The molecule has 7 nitrogen and oxygen atoms in total. The average Bonchev–Trinajstić information content (AvgIpc) is 2.96. The Labute approximate surface area is 161 Å². The molecule has 1 unspecified atom stereocenters. The number of likely N-dealkylation sites (tertiary alicyclic amines) is 1. The van der Waals surface area contributed by atoms with Crippen molar-refractivity contribution in [2.24, 2.45) is 11.7 Å². The number of amides is 1. The van der Waals surface area contributed by atoms with Gasteiger partial charge in [0.1, 0.15) is 6.07 Å². The van der Waals surface area contributed by atoms with Gasteiger partial charge in [0.05, 0.1) is 11.3 Å². The zero-order valence-corrected chi connectivity index (χ0v) is 16.9. The second-order valence-electron chi connectivity index (χ2n) is 7.27. The van der Waals surface area contributed by atoms with E-state index < -0.39 is 33.0 Å². The summed E-state index contributed by atoms with van der Waals surface area (Å²) >= 11 is 0. The number of nitrogens with zero attached hydrogens (tertiary/aromatic N) is 3. The monoisotopic (exact) mass is 410 g/mol. The molecule has 26 heavy (non-hydrogen) atoms. The molecule has 1 amide bonds. The van der Waals surface area contributed by atoms with Crippen molar-refractivity contribution in [2.75, 3.05) is 19.6 Å². The van der Waals surface area contributed by atoms with Crippen LogP contribution in [0.2, 0.25) is 0 Å². The molecule has 2 N–H and O–H groups in total. The van der Waals surface area contributed by atoms with E-state index in [9.17, 15) is 17.6 Å². The van der Waals surface area contributed by atoms with Crippen LogP contribution in [-0.4, -0.2) is 60.2 Å². The highest BCUT2D eigenvalue weighted by Crippen LogP contribution is 2.31. The van der Waals surface area contributed by atoms with Crippen LogP contribution in [0.1, 0.15) is 46.0 Å². The van der Waals surface area contributed by atoms with Crippen LogP contribution >= 0.6 is 12.4 Å². The molecule has 0 aromatic carbocycles. The summed E-state index contributed by atoms with van der Waals surface area (Å²) in [7, 11) is -3.33. The summed E-state index contributed by atoms with van der Waals surface area (Å²) < 4.78 is 40.5. The predicted octanol–water partition coefficient (Wildman–Crippen LogP) is 1.39. The number of piperidine rings is 1. The van der Waals surface area contributed by atoms with E-state index in [4.69, 9.17) is 11.0 Å². The van der Waals surface area contributed by atoms with E-state index in [-0.39, 0.29) is 31.3 Å². The summed E-state index contributed by atoms with van der Waals surface area (Å²) in [5.74, 6) is -2.88. The lowest BCUT2D eigenvalue weighted by Crippen LogP contribution is -2.52. The first-order chi connectivity index (χ1) is 11.6. The lowest BCUT2D eigenvalue weighted by atomic mass is 9.92. The molecule has 0 spiro atoms. The molecule has 0 aromatic rings. The topological polar surface area (TPSA) is 108 Å². The standard InChI is InChI=1S/C16H27FN4O3S.ClH/c1-12(2)25(23,24)20-7-3-5-13(10-20)9-14(19)15(22)21-8-4-6-16(21,17)11-18;/h12-14H,3-10,19H2,1-2H3;1H/t13?,14-,16+;/m0./s1. The van der Waals surface area contributed by atoms with Crippen molar-refractivity contribution < 1.29 is 17.6 Å². The molecule has 150 valence electrons. The third-order valence-corrected chi connectivity index (χ3v) is 7.34. The van der Waals surface area contributed by atoms with Gasteiger partial charge in [-0.05, 0) is 45.4 Å². The van der Waals surface area contributed by atoms with Crippen LogP contribution in [0.4, 0.5) is 4.39 Å². The molecule has 2 aliphatic heterocycles. The minimum absolute atomic E-state index is 0. The molecule has 2 rings (SSSR count). The van der Waals surface area contributed by atoms with Crippen molar-refractivity contribution in [1.29, 1.82) is 5.26 Å². The van der Waals surface area contributed by atoms with Crippen molar-refractivity contribution in [3.8, 4) is 6.07 Å². The molecule has 0 radical (unpaired) electrons. The lowest BCUT2D eigenvalue weighted by Gasteiger charge is -2.35. The highest BCUT2D eigenvalue weighted by Gasteiger charge is 2.46. The zero-order chi connectivity index (χ0) is 18.8. The lowest BCUT2D eigenvalue weighted by molar-refractivity contribution is -0.140. The number of sulfonamides is 1. The van der Waals surface area contributed by atoms with Gasteiger partial charge in [-0.25, -0.2) is 17.1 Å². The van der Waals surface area contributed by atoms with Gasteiger partial charge in [-0.1, -0.05) is 0 Å². The Balaban J connectivity index is 0.00000338. The second-order valence-corrected chi connectivity index (χ2v) is 9.76. The Morgan fingerprint density at radius 2 is 2.04 bits per heavy atom. The fraction of sp³-hybridized carbons (Fsp3) is 0.875. The Morgan fingerprint density at radius 1 is 1.38 bits per heavy atom. The predicted molar refractivity (Wildman–Crippen MR) is 98.6 cm³/mol. The van der Waals surface area contributed by atoms with E-state index in [2.05, 4.69) is 0 Å². The zero-order valence-electron chi connectivity index (χ0n) is 15.2. The Morgan fingerprint density at radius 3 is 2.62 bits per heavy atom. The van der Waals surface area contributed by atoms with Gasteiger partial charge in [0.2, 0.25) is 15.9 Å². The van der Waals surface area contributed by atoms with E-state index in [1.165, 1.54) is 4.31 Å². The van der Waals surface area contributed by atoms with E-state index in [1.54, 1.807) is 19.9 Å². The van der Waals surface area contributed by atoms with Gasteiger partial charge >= 0.3 is 0 Å². The number of alkyl halides is 1. The highest BCUT2D eigenvalue weighted by atomic mass is 35.5. The Hall–Kier alpha value is -0.950. The average molecular weight is 411 g/mol. The number of nitrogens with two attached hydrogens (primary N) is 1. The molecule has 2 heterocycles. The first-order valence-corrected chi connectivity index (χ1v) is 10.3. The van der Waals surface area contributed by atoms with Gasteiger partial charge in [0, 0.05) is 26.1 Å². The molecule has 2 fully saturated rings. The van der Waals surface area contributed by atoms with Gasteiger partial charge < -0.3 is 5.73 Å². The highest BCUT2D eigenvalue weighted by molar-refractivity contribution is 7.89. The number of carbonyl (C=O) groups is 1. The molecule has 0 aromatic heterocycles. The van der Waals surface area contributed by atoms with Crippen molar-refractivity contribution in [1.82, 2.24) is 9.21 Å². The first kappa shape index (κ1) is 23.1. The van der Waals surface area contributed by atoms with Crippen LogP contribution in [0.5, 0.6) is 0 Å². The maximum atomic E-state index is 14.4. The summed E-state index contributed by atoms with van der Waals surface area (Å²) in [5, 5.41) is 8.50.